The Bertz CT molecular complexity index is 424. The first-order valence-corrected chi connectivity index (χ1v) is 8.96. The van der Waals surface area contributed by atoms with Crippen LogP contribution in [0.4, 0.5) is 0 Å². The fourth-order valence-electron chi connectivity index (χ4n) is 4.76. The number of hydrogen-bond donors (Lipinski definition) is 1. The molecule has 0 aromatic heterocycles. The minimum absolute atomic E-state index is 0.0325. The van der Waals surface area contributed by atoms with Gasteiger partial charge >= 0.3 is 0 Å². The lowest BCUT2D eigenvalue weighted by Crippen LogP contribution is -2.46. The summed E-state index contributed by atoms with van der Waals surface area (Å²) in [5, 5.41) is 11.3. The second-order valence-electron chi connectivity index (χ2n) is 7.55. The Balaban J connectivity index is 1.85. The molecule has 0 amide bonds. The Labute approximate surface area is 129 Å². The highest BCUT2D eigenvalue weighted by molar-refractivity contribution is 5.28. The van der Waals surface area contributed by atoms with Crippen LogP contribution in [0.2, 0.25) is 0 Å². The van der Waals surface area contributed by atoms with Gasteiger partial charge in [-0.25, -0.2) is 0 Å². The van der Waals surface area contributed by atoms with E-state index in [1.54, 1.807) is 0 Å². The molecular weight excluding hydrogens is 256 g/mol. The van der Waals surface area contributed by atoms with E-state index in [9.17, 15) is 5.11 Å². The molecule has 1 atom stereocenters. The summed E-state index contributed by atoms with van der Waals surface area (Å²) in [6.45, 7) is 2.36. The Morgan fingerprint density at radius 3 is 2.19 bits per heavy atom. The minimum atomic E-state index is -0.146. The van der Waals surface area contributed by atoms with Crippen LogP contribution in [0.5, 0.6) is 0 Å². The molecule has 2 saturated carbocycles. The summed E-state index contributed by atoms with van der Waals surface area (Å²) in [6, 6.07) is 10.9. The summed E-state index contributed by atoms with van der Waals surface area (Å²) in [6.07, 6.45) is 11.1. The van der Waals surface area contributed by atoms with E-state index in [1.165, 1.54) is 63.4 Å². The van der Waals surface area contributed by atoms with Gasteiger partial charge in [0, 0.05) is 5.41 Å². The normalized spacial score (nSPS) is 30.8. The topological polar surface area (TPSA) is 20.2 Å². The van der Waals surface area contributed by atoms with Crippen molar-refractivity contribution >= 4 is 0 Å². The fraction of sp³-hybridized carbons (Fsp3) is 0.700. The summed E-state index contributed by atoms with van der Waals surface area (Å²) >= 11 is 0. The third-order valence-electron chi connectivity index (χ3n) is 6.17. The predicted molar refractivity (Wildman–Crippen MR) is 88.3 cm³/mol. The monoisotopic (exact) mass is 286 g/mol. The molecule has 1 nitrogen and oxygen atoms in total. The fourth-order valence-corrected chi connectivity index (χ4v) is 4.76. The van der Waals surface area contributed by atoms with E-state index in [0.717, 1.165) is 5.92 Å². The van der Waals surface area contributed by atoms with Gasteiger partial charge in [0.05, 0.1) is 6.10 Å². The molecule has 0 spiro atoms. The predicted octanol–water partition coefficient (Wildman–Crippen LogP) is 5.08. The quantitative estimate of drug-likeness (QED) is 0.822. The van der Waals surface area contributed by atoms with Crippen molar-refractivity contribution in [1.29, 1.82) is 0 Å². The molecule has 21 heavy (non-hydrogen) atoms. The number of benzene rings is 1. The molecule has 0 heterocycles. The molecule has 2 fully saturated rings. The molecule has 1 unspecified atom stereocenters. The van der Waals surface area contributed by atoms with Crippen LogP contribution in [0, 0.1) is 11.8 Å². The Morgan fingerprint density at radius 2 is 1.57 bits per heavy atom. The molecule has 2 aliphatic carbocycles. The van der Waals surface area contributed by atoms with Crippen molar-refractivity contribution in [2.75, 3.05) is 0 Å². The zero-order valence-corrected chi connectivity index (χ0v) is 13.4. The van der Waals surface area contributed by atoms with E-state index in [2.05, 4.69) is 37.3 Å². The molecule has 0 bridgehead atoms. The van der Waals surface area contributed by atoms with Crippen LogP contribution in [0.25, 0.3) is 0 Å². The van der Waals surface area contributed by atoms with Gasteiger partial charge in [-0.2, -0.15) is 0 Å². The van der Waals surface area contributed by atoms with Crippen LogP contribution in [0.15, 0.2) is 30.3 Å². The lowest BCUT2D eigenvalue weighted by Gasteiger charge is -2.46. The minimum Gasteiger partial charge on any atom is -0.392 e. The highest BCUT2D eigenvalue weighted by Crippen LogP contribution is 2.47. The Morgan fingerprint density at radius 1 is 0.952 bits per heavy atom. The van der Waals surface area contributed by atoms with Crippen LogP contribution in [-0.2, 0) is 5.41 Å². The lowest BCUT2D eigenvalue weighted by atomic mass is 9.61. The summed E-state index contributed by atoms with van der Waals surface area (Å²) < 4.78 is 0. The van der Waals surface area contributed by atoms with Gasteiger partial charge < -0.3 is 5.11 Å². The van der Waals surface area contributed by atoms with Crippen LogP contribution >= 0.6 is 0 Å². The van der Waals surface area contributed by atoms with Crippen molar-refractivity contribution in [2.24, 2.45) is 11.8 Å². The molecule has 1 aromatic carbocycles. The first-order valence-electron chi connectivity index (χ1n) is 8.96. The Kier molecular flexibility index (Phi) is 4.69. The molecule has 0 aliphatic heterocycles. The van der Waals surface area contributed by atoms with Crippen LogP contribution in [-0.4, -0.2) is 11.2 Å². The zero-order chi connectivity index (χ0) is 14.7. The van der Waals surface area contributed by atoms with E-state index >= 15 is 0 Å². The smallest absolute Gasteiger partial charge is 0.0664 e. The van der Waals surface area contributed by atoms with Crippen molar-refractivity contribution in [1.82, 2.24) is 0 Å². The standard InChI is InChI=1S/C20H30O/c1-16-10-12-17(13-11-16)19(21)20(14-6-3-7-15-20)18-8-4-2-5-9-18/h2,4-5,8-9,16-17,19,21H,3,6-7,10-15H2,1H3. The highest BCUT2D eigenvalue weighted by atomic mass is 16.3. The van der Waals surface area contributed by atoms with Gasteiger partial charge in [-0.05, 0) is 43.1 Å². The van der Waals surface area contributed by atoms with E-state index in [1.807, 2.05) is 0 Å². The van der Waals surface area contributed by atoms with Gasteiger partial charge in [0.15, 0.2) is 0 Å². The molecular formula is C20H30O. The molecule has 3 rings (SSSR count). The molecule has 0 radical (unpaired) electrons. The second-order valence-corrected chi connectivity index (χ2v) is 7.55. The van der Waals surface area contributed by atoms with Gasteiger partial charge in [-0.1, -0.05) is 69.4 Å². The van der Waals surface area contributed by atoms with Gasteiger partial charge in [-0.3, -0.25) is 0 Å². The number of rotatable bonds is 3. The summed E-state index contributed by atoms with van der Waals surface area (Å²) in [4.78, 5) is 0. The van der Waals surface area contributed by atoms with E-state index < -0.39 is 0 Å². The molecule has 0 saturated heterocycles. The van der Waals surface area contributed by atoms with Crippen molar-refractivity contribution in [3.8, 4) is 0 Å². The number of hydrogen-bond acceptors (Lipinski definition) is 1. The third kappa shape index (κ3) is 3.04. The molecule has 1 heteroatoms. The summed E-state index contributed by atoms with van der Waals surface area (Å²) in [7, 11) is 0. The summed E-state index contributed by atoms with van der Waals surface area (Å²) in [5.41, 5.74) is 1.42. The van der Waals surface area contributed by atoms with E-state index in [-0.39, 0.29) is 11.5 Å². The molecule has 1 N–H and O–H groups in total. The zero-order valence-electron chi connectivity index (χ0n) is 13.4. The van der Waals surface area contributed by atoms with Gasteiger partial charge in [0.1, 0.15) is 0 Å². The third-order valence-corrected chi connectivity index (χ3v) is 6.17. The maximum atomic E-state index is 11.3. The van der Waals surface area contributed by atoms with Gasteiger partial charge in [0.2, 0.25) is 0 Å². The van der Waals surface area contributed by atoms with Crippen LogP contribution in [0.3, 0.4) is 0 Å². The van der Waals surface area contributed by atoms with Crippen molar-refractivity contribution in [2.45, 2.75) is 76.2 Å². The van der Waals surface area contributed by atoms with Gasteiger partial charge in [-0.15, -0.1) is 0 Å². The average Bonchev–Trinajstić information content (AvgIpc) is 2.56. The van der Waals surface area contributed by atoms with Gasteiger partial charge in [0.25, 0.3) is 0 Å². The van der Waals surface area contributed by atoms with Crippen LogP contribution < -0.4 is 0 Å². The van der Waals surface area contributed by atoms with E-state index in [0.29, 0.717) is 5.92 Å². The first kappa shape index (κ1) is 15.1. The SMILES string of the molecule is CC1CCC(C(O)C2(c3ccccc3)CCCCC2)CC1. The van der Waals surface area contributed by atoms with E-state index in [4.69, 9.17) is 0 Å². The van der Waals surface area contributed by atoms with Crippen molar-refractivity contribution in [3.05, 3.63) is 35.9 Å². The number of aliphatic hydroxyl groups excluding tert-OH is 1. The lowest BCUT2D eigenvalue weighted by molar-refractivity contribution is -0.00971. The first-order chi connectivity index (χ1) is 10.2. The van der Waals surface area contributed by atoms with Crippen molar-refractivity contribution in [3.63, 3.8) is 0 Å². The largest absolute Gasteiger partial charge is 0.392 e. The maximum absolute atomic E-state index is 11.3. The summed E-state index contributed by atoms with van der Waals surface area (Å²) in [5.74, 6) is 1.37. The maximum Gasteiger partial charge on any atom is 0.0664 e. The number of aliphatic hydroxyl groups is 1. The average molecular weight is 286 g/mol. The molecule has 2 aliphatic rings. The van der Waals surface area contributed by atoms with Crippen molar-refractivity contribution < 1.29 is 5.11 Å². The molecule has 1 aromatic rings. The molecule has 116 valence electrons. The Hall–Kier alpha value is -0.820. The highest BCUT2D eigenvalue weighted by Gasteiger charge is 2.44. The second kappa shape index (κ2) is 6.52. The van der Waals surface area contributed by atoms with Crippen LogP contribution in [0.1, 0.15) is 70.3 Å².